The molecule has 1 heterocycles. The van der Waals surface area contributed by atoms with Gasteiger partial charge in [0.15, 0.2) is 6.29 Å². The number of fused-ring (bicyclic) bond motifs is 5. The van der Waals surface area contributed by atoms with E-state index in [0.29, 0.717) is 25.7 Å². The predicted molar refractivity (Wildman–Crippen MR) is 165 cm³/mol. The Hall–Kier alpha value is -0.880. The van der Waals surface area contributed by atoms with Gasteiger partial charge >= 0.3 is 0 Å². The first-order chi connectivity index (χ1) is 20.4. The summed E-state index contributed by atoms with van der Waals surface area (Å²) in [5.41, 5.74) is 0.193. The molecule has 0 aromatic rings. The van der Waals surface area contributed by atoms with Crippen LogP contribution in [0.5, 0.6) is 0 Å². The fourth-order valence-corrected chi connectivity index (χ4v) is 10.6. The van der Waals surface area contributed by atoms with E-state index in [0.717, 1.165) is 24.8 Å². The number of rotatable bonds is 7. The van der Waals surface area contributed by atoms with Gasteiger partial charge in [-0.25, -0.2) is 0 Å². The van der Waals surface area contributed by atoms with Crippen LogP contribution in [0.3, 0.4) is 0 Å². The Morgan fingerprint density at radius 2 is 1.68 bits per heavy atom. The summed E-state index contributed by atoms with van der Waals surface area (Å²) in [5.74, 6) is -0.251. The Morgan fingerprint density at radius 3 is 2.32 bits per heavy atom. The lowest BCUT2D eigenvalue weighted by atomic mass is 9.40. The second-order valence-electron chi connectivity index (χ2n) is 16.3. The first-order valence-corrected chi connectivity index (χ1v) is 16.8. The molecule has 0 amide bonds. The number of allylic oxidation sites excluding steroid dienone is 2. The number of ether oxygens (including phenoxy) is 2. The van der Waals surface area contributed by atoms with E-state index in [1.807, 2.05) is 26.8 Å². The largest absolute Gasteiger partial charge is 0.394 e. The summed E-state index contributed by atoms with van der Waals surface area (Å²) in [6.07, 6.45) is 0.315. The standard InChI is InChI=1S/C35H58O9/c1-18(2)9-8-13-34(6,44-31-30(42)29(41)28(40)22(17-36)43-31)19-10-11-20-27(19)21(37)15-24-33(5)14-12-25(38)32(3,4)23(33)16-26(39)35(20,24)7/h9,16,19-22,24-31,36-42H,8,10-15,17H2,1-7H3/t19-,20+,21+,22+,24+,25+,26-,27+,28+,29-,30+,31+,33+,34-,35-/m0/s1. The quantitative estimate of drug-likeness (QED) is 0.212. The van der Waals surface area contributed by atoms with E-state index < -0.39 is 72.1 Å². The Kier molecular flexibility index (Phi) is 9.38. The van der Waals surface area contributed by atoms with Crippen LogP contribution in [0.25, 0.3) is 0 Å². The molecule has 252 valence electrons. The molecule has 1 saturated heterocycles. The summed E-state index contributed by atoms with van der Waals surface area (Å²) >= 11 is 0. The van der Waals surface area contributed by atoms with E-state index in [4.69, 9.17) is 9.47 Å². The summed E-state index contributed by atoms with van der Waals surface area (Å²) in [6.45, 7) is 14.1. The predicted octanol–water partition coefficient (Wildman–Crippen LogP) is 2.83. The smallest absolute Gasteiger partial charge is 0.187 e. The van der Waals surface area contributed by atoms with Crippen molar-refractivity contribution in [2.24, 2.45) is 39.9 Å². The van der Waals surface area contributed by atoms with Crippen molar-refractivity contribution in [3.8, 4) is 0 Å². The van der Waals surface area contributed by atoms with Crippen molar-refractivity contribution < 1.29 is 45.2 Å². The van der Waals surface area contributed by atoms with Gasteiger partial charge in [0.2, 0.25) is 0 Å². The first kappa shape index (κ1) is 34.5. The van der Waals surface area contributed by atoms with Crippen LogP contribution in [0.4, 0.5) is 0 Å². The summed E-state index contributed by atoms with van der Waals surface area (Å²) in [7, 11) is 0. The number of hydrogen-bond donors (Lipinski definition) is 7. The highest BCUT2D eigenvalue weighted by Gasteiger charge is 2.68. The van der Waals surface area contributed by atoms with Gasteiger partial charge in [-0.15, -0.1) is 0 Å². The van der Waals surface area contributed by atoms with Crippen molar-refractivity contribution in [1.29, 1.82) is 0 Å². The topological polar surface area (TPSA) is 160 Å². The molecule has 3 saturated carbocycles. The van der Waals surface area contributed by atoms with Gasteiger partial charge in [0.1, 0.15) is 24.4 Å². The first-order valence-electron chi connectivity index (χ1n) is 16.8. The third kappa shape index (κ3) is 5.27. The second-order valence-corrected chi connectivity index (χ2v) is 16.3. The third-order valence-corrected chi connectivity index (χ3v) is 13.2. The lowest BCUT2D eigenvalue weighted by Gasteiger charge is -2.65. The minimum atomic E-state index is -1.54. The average Bonchev–Trinajstić information content (AvgIpc) is 3.43. The van der Waals surface area contributed by atoms with E-state index >= 15 is 0 Å². The fourth-order valence-electron chi connectivity index (χ4n) is 10.6. The second kappa shape index (κ2) is 12.0. The SMILES string of the molecule is CC(C)=CCC[C@](C)(O[C@H]1O[C@H](CO)[C@@H](O)[C@H](O)[C@H]1O)[C@H]1CC[C@@H]2[C@@H]1[C@H](O)C[C@H]1[C@@]2(C)[C@@H](O)C=C2C(C)(C)[C@H](O)CC[C@]21C. The maximum atomic E-state index is 12.1. The summed E-state index contributed by atoms with van der Waals surface area (Å²) in [5, 5.41) is 76.5. The van der Waals surface area contributed by atoms with E-state index in [1.54, 1.807) is 0 Å². The summed E-state index contributed by atoms with van der Waals surface area (Å²) in [4.78, 5) is 0. The molecule has 5 rings (SSSR count). The van der Waals surface area contributed by atoms with E-state index in [2.05, 4.69) is 33.8 Å². The molecule has 7 N–H and O–H groups in total. The molecule has 15 atom stereocenters. The zero-order valence-corrected chi connectivity index (χ0v) is 27.7. The Balaban J connectivity index is 1.50. The van der Waals surface area contributed by atoms with Gasteiger partial charge in [0.05, 0.1) is 30.5 Å². The molecular formula is C35H58O9. The molecular weight excluding hydrogens is 564 g/mol. The number of hydrogen-bond acceptors (Lipinski definition) is 9. The van der Waals surface area contributed by atoms with Crippen molar-refractivity contribution in [3.05, 3.63) is 23.3 Å². The van der Waals surface area contributed by atoms with Crippen molar-refractivity contribution in [3.63, 3.8) is 0 Å². The molecule has 9 nitrogen and oxygen atoms in total. The minimum Gasteiger partial charge on any atom is -0.394 e. The van der Waals surface area contributed by atoms with Gasteiger partial charge < -0.3 is 45.2 Å². The molecule has 0 unspecified atom stereocenters. The molecule has 9 heteroatoms. The van der Waals surface area contributed by atoms with Gasteiger partial charge in [0.25, 0.3) is 0 Å². The molecule has 4 aliphatic carbocycles. The van der Waals surface area contributed by atoms with Crippen molar-refractivity contribution in [2.45, 2.75) is 148 Å². The fraction of sp³-hybridized carbons (Fsp3) is 0.886. The number of aliphatic hydroxyl groups excluding tert-OH is 7. The molecule has 0 aromatic heterocycles. The molecule has 0 radical (unpaired) electrons. The molecule has 4 fully saturated rings. The monoisotopic (exact) mass is 622 g/mol. The van der Waals surface area contributed by atoms with Crippen LogP contribution in [0, 0.1) is 39.9 Å². The van der Waals surface area contributed by atoms with Crippen LogP contribution in [0.15, 0.2) is 23.3 Å². The number of aliphatic hydroxyl groups is 7. The van der Waals surface area contributed by atoms with Gasteiger partial charge in [-0.3, -0.25) is 0 Å². The molecule has 0 aromatic carbocycles. The zero-order chi connectivity index (χ0) is 32.6. The van der Waals surface area contributed by atoms with Crippen LogP contribution in [-0.4, -0.2) is 97.0 Å². The van der Waals surface area contributed by atoms with Crippen molar-refractivity contribution in [1.82, 2.24) is 0 Å². The maximum absolute atomic E-state index is 12.1. The van der Waals surface area contributed by atoms with Gasteiger partial charge in [-0.05, 0) is 94.8 Å². The minimum absolute atomic E-state index is 0.0158. The van der Waals surface area contributed by atoms with Gasteiger partial charge in [-0.1, -0.05) is 51.0 Å². The Bertz CT molecular complexity index is 1120. The average molecular weight is 623 g/mol. The van der Waals surface area contributed by atoms with Crippen LogP contribution >= 0.6 is 0 Å². The Morgan fingerprint density at radius 1 is 1.00 bits per heavy atom. The van der Waals surface area contributed by atoms with Crippen LogP contribution in [0.2, 0.25) is 0 Å². The molecule has 1 aliphatic heterocycles. The maximum Gasteiger partial charge on any atom is 0.187 e. The highest BCUT2D eigenvalue weighted by atomic mass is 16.7. The Labute approximate surface area is 263 Å². The lowest BCUT2D eigenvalue weighted by molar-refractivity contribution is -0.334. The molecule has 0 spiro atoms. The lowest BCUT2D eigenvalue weighted by Crippen LogP contribution is -2.64. The van der Waals surface area contributed by atoms with Gasteiger partial charge in [0, 0.05) is 10.8 Å². The highest BCUT2D eigenvalue weighted by molar-refractivity contribution is 5.35. The van der Waals surface area contributed by atoms with E-state index in [1.165, 1.54) is 5.57 Å². The third-order valence-electron chi connectivity index (χ3n) is 13.2. The molecule has 0 bridgehead atoms. The summed E-state index contributed by atoms with van der Waals surface area (Å²) < 4.78 is 12.5. The molecule has 5 aliphatic rings. The zero-order valence-electron chi connectivity index (χ0n) is 27.7. The summed E-state index contributed by atoms with van der Waals surface area (Å²) in [6, 6.07) is 0. The van der Waals surface area contributed by atoms with Crippen LogP contribution in [0.1, 0.15) is 93.4 Å². The molecule has 44 heavy (non-hydrogen) atoms. The van der Waals surface area contributed by atoms with E-state index in [-0.39, 0.29) is 29.1 Å². The van der Waals surface area contributed by atoms with Crippen molar-refractivity contribution >= 4 is 0 Å². The van der Waals surface area contributed by atoms with Gasteiger partial charge in [-0.2, -0.15) is 0 Å². The van der Waals surface area contributed by atoms with Crippen LogP contribution in [-0.2, 0) is 9.47 Å². The van der Waals surface area contributed by atoms with Crippen molar-refractivity contribution in [2.75, 3.05) is 6.61 Å². The normalized spacial score (nSPS) is 49.6. The van der Waals surface area contributed by atoms with Crippen LogP contribution < -0.4 is 0 Å². The van der Waals surface area contributed by atoms with E-state index in [9.17, 15) is 35.7 Å². The highest BCUT2D eigenvalue weighted by Crippen LogP contribution is 2.70.